The maximum absolute atomic E-state index is 11.6. The molecule has 2 rings (SSSR count). The van der Waals surface area contributed by atoms with Crippen LogP contribution in [0.3, 0.4) is 0 Å². The predicted octanol–water partition coefficient (Wildman–Crippen LogP) is 1.38. The Morgan fingerprint density at radius 2 is 1.92 bits per heavy atom. The molecule has 0 amide bonds. The maximum atomic E-state index is 11.6. The normalized spacial score (nSPS) is 38.4. The highest BCUT2D eigenvalue weighted by Crippen LogP contribution is 2.38. The van der Waals surface area contributed by atoms with Crippen molar-refractivity contribution in [1.29, 1.82) is 0 Å². The van der Waals surface area contributed by atoms with Crippen LogP contribution in [0.25, 0.3) is 0 Å². The molecule has 1 heterocycles. The lowest BCUT2D eigenvalue weighted by atomic mass is 10.0. The van der Waals surface area contributed by atoms with Crippen molar-refractivity contribution in [2.45, 2.75) is 19.8 Å². The molecular formula is C11H17NO. The largest absolute Gasteiger partial charge is 0.316 e. The molecule has 1 unspecified atom stereocenters. The lowest BCUT2D eigenvalue weighted by Gasteiger charge is -2.06. The van der Waals surface area contributed by atoms with Crippen LogP contribution in [-0.2, 0) is 4.79 Å². The average Bonchev–Trinajstić information content (AvgIpc) is 2.61. The molecule has 0 bridgehead atoms. The zero-order valence-corrected chi connectivity index (χ0v) is 8.12. The topological polar surface area (TPSA) is 29.1 Å². The Labute approximate surface area is 79.4 Å². The summed E-state index contributed by atoms with van der Waals surface area (Å²) in [6, 6.07) is 0. The van der Waals surface area contributed by atoms with Crippen LogP contribution in [0.4, 0.5) is 0 Å². The van der Waals surface area contributed by atoms with E-state index >= 15 is 0 Å². The Bertz CT molecular complexity index is 222. The summed E-state index contributed by atoms with van der Waals surface area (Å²) in [6.45, 7) is 4.17. The van der Waals surface area contributed by atoms with Gasteiger partial charge < -0.3 is 5.32 Å². The monoisotopic (exact) mass is 179 g/mol. The Morgan fingerprint density at radius 1 is 1.31 bits per heavy atom. The second kappa shape index (κ2) is 3.62. The van der Waals surface area contributed by atoms with Gasteiger partial charge in [0.1, 0.15) is 0 Å². The molecule has 1 saturated heterocycles. The molecule has 0 radical (unpaired) electrons. The summed E-state index contributed by atoms with van der Waals surface area (Å²) in [5, 5.41) is 3.39. The van der Waals surface area contributed by atoms with Gasteiger partial charge in [0, 0.05) is 5.92 Å². The summed E-state index contributed by atoms with van der Waals surface area (Å²) in [5.74, 6) is 2.23. The van der Waals surface area contributed by atoms with Gasteiger partial charge >= 0.3 is 0 Å². The van der Waals surface area contributed by atoms with E-state index in [1.54, 1.807) is 6.08 Å². The zero-order valence-electron chi connectivity index (χ0n) is 8.12. The smallest absolute Gasteiger partial charge is 0.158 e. The lowest BCUT2D eigenvalue weighted by molar-refractivity contribution is -0.118. The van der Waals surface area contributed by atoms with Gasteiger partial charge in [-0.1, -0.05) is 6.08 Å². The second-order valence-corrected chi connectivity index (χ2v) is 4.25. The molecule has 2 aliphatic rings. The van der Waals surface area contributed by atoms with E-state index in [9.17, 15) is 4.79 Å². The van der Waals surface area contributed by atoms with E-state index < -0.39 is 0 Å². The molecule has 1 N–H and O–H groups in total. The predicted molar refractivity (Wildman–Crippen MR) is 52.4 cm³/mol. The van der Waals surface area contributed by atoms with Crippen molar-refractivity contribution in [3.8, 4) is 0 Å². The molecular weight excluding hydrogens is 162 g/mol. The molecule has 2 heteroatoms. The van der Waals surface area contributed by atoms with E-state index in [0.29, 0.717) is 11.7 Å². The minimum Gasteiger partial charge on any atom is -0.316 e. The van der Waals surface area contributed by atoms with E-state index in [2.05, 4.69) is 5.32 Å². The molecule has 3 atom stereocenters. The molecule has 72 valence electrons. The lowest BCUT2D eigenvalue weighted by Crippen LogP contribution is -2.15. The third kappa shape index (κ3) is 1.68. The average molecular weight is 179 g/mol. The van der Waals surface area contributed by atoms with Gasteiger partial charge in [0.25, 0.3) is 0 Å². The highest BCUT2D eigenvalue weighted by Gasteiger charge is 2.39. The number of ketones is 1. The van der Waals surface area contributed by atoms with Crippen molar-refractivity contribution in [3.63, 3.8) is 0 Å². The van der Waals surface area contributed by atoms with Gasteiger partial charge in [-0.25, -0.2) is 0 Å². The highest BCUT2D eigenvalue weighted by molar-refractivity contribution is 5.91. The van der Waals surface area contributed by atoms with Gasteiger partial charge in [-0.05, 0) is 50.8 Å². The van der Waals surface area contributed by atoms with Gasteiger partial charge in [-0.2, -0.15) is 0 Å². The molecule has 1 aliphatic carbocycles. The van der Waals surface area contributed by atoms with Crippen molar-refractivity contribution in [2.75, 3.05) is 13.1 Å². The van der Waals surface area contributed by atoms with E-state index in [-0.39, 0.29) is 0 Å². The zero-order chi connectivity index (χ0) is 9.26. The molecule has 0 aromatic rings. The maximum Gasteiger partial charge on any atom is 0.158 e. The first-order valence-electron chi connectivity index (χ1n) is 5.18. The number of allylic oxidation sites excluding steroid dienone is 2. The Kier molecular flexibility index (Phi) is 2.49. The third-order valence-electron chi connectivity index (χ3n) is 3.39. The third-order valence-corrected chi connectivity index (χ3v) is 3.39. The van der Waals surface area contributed by atoms with Crippen LogP contribution in [0.1, 0.15) is 19.8 Å². The van der Waals surface area contributed by atoms with Gasteiger partial charge in [0.15, 0.2) is 5.78 Å². The molecule has 1 saturated carbocycles. The standard InChI is InChI=1S/C11H17NO/c1-2-3-11(13)8-4-9-6-12-7-10(9)5-8/h2-3,8-10,12H,4-7H2,1H3/t8?,9-,10+. The Morgan fingerprint density at radius 3 is 2.46 bits per heavy atom. The Hall–Kier alpha value is -0.630. The van der Waals surface area contributed by atoms with Crippen LogP contribution in [0.2, 0.25) is 0 Å². The molecule has 0 aromatic heterocycles. The molecule has 0 aromatic carbocycles. The number of carbonyl (C=O) groups is 1. The van der Waals surface area contributed by atoms with Crippen LogP contribution in [0.5, 0.6) is 0 Å². The first-order valence-corrected chi connectivity index (χ1v) is 5.18. The molecule has 2 nitrogen and oxygen atoms in total. The van der Waals surface area contributed by atoms with Crippen LogP contribution >= 0.6 is 0 Å². The first-order chi connectivity index (χ1) is 6.31. The van der Waals surface area contributed by atoms with Crippen LogP contribution in [0.15, 0.2) is 12.2 Å². The van der Waals surface area contributed by atoms with Gasteiger partial charge in [-0.15, -0.1) is 0 Å². The number of rotatable bonds is 2. The number of carbonyl (C=O) groups excluding carboxylic acids is 1. The fourth-order valence-corrected chi connectivity index (χ4v) is 2.70. The summed E-state index contributed by atoms with van der Waals surface area (Å²) in [7, 11) is 0. The fourth-order valence-electron chi connectivity index (χ4n) is 2.70. The van der Waals surface area contributed by atoms with Gasteiger partial charge in [-0.3, -0.25) is 4.79 Å². The van der Waals surface area contributed by atoms with Crippen molar-refractivity contribution in [3.05, 3.63) is 12.2 Å². The van der Waals surface area contributed by atoms with Crippen molar-refractivity contribution in [2.24, 2.45) is 17.8 Å². The van der Waals surface area contributed by atoms with E-state index in [1.807, 2.05) is 13.0 Å². The van der Waals surface area contributed by atoms with Crippen molar-refractivity contribution >= 4 is 5.78 Å². The van der Waals surface area contributed by atoms with Crippen molar-refractivity contribution < 1.29 is 4.79 Å². The fraction of sp³-hybridized carbons (Fsp3) is 0.727. The minimum atomic E-state index is 0.327. The summed E-state index contributed by atoms with van der Waals surface area (Å²) in [4.78, 5) is 11.6. The summed E-state index contributed by atoms with van der Waals surface area (Å²) >= 11 is 0. The van der Waals surface area contributed by atoms with Crippen molar-refractivity contribution in [1.82, 2.24) is 5.32 Å². The SMILES string of the molecule is CC=CC(=O)C1C[C@H]2CNC[C@H]2C1. The summed E-state index contributed by atoms with van der Waals surface area (Å²) < 4.78 is 0. The van der Waals surface area contributed by atoms with Gasteiger partial charge in [0.05, 0.1) is 0 Å². The van der Waals surface area contributed by atoms with Crippen LogP contribution in [-0.4, -0.2) is 18.9 Å². The quantitative estimate of drug-likeness (QED) is 0.649. The van der Waals surface area contributed by atoms with Crippen LogP contribution in [0, 0.1) is 17.8 Å². The van der Waals surface area contributed by atoms with E-state index in [0.717, 1.165) is 37.8 Å². The number of hydrogen-bond donors (Lipinski definition) is 1. The number of hydrogen-bond acceptors (Lipinski definition) is 2. The molecule has 0 spiro atoms. The van der Waals surface area contributed by atoms with Gasteiger partial charge in [0.2, 0.25) is 0 Å². The highest BCUT2D eigenvalue weighted by atomic mass is 16.1. The molecule has 13 heavy (non-hydrogen) atoms. The molecule has 2 fully saturated rings. The first kappa shape index (κ1) is 8.95. The van der Waals surface area contributed by atoms with Crippen LogP contribution < -0.4 is 5.32 Å². The number of fused-ring (bicyclic) bond motifs is 1. The Balaban J connectivity index is 1.95. The summed E-state index contributed by atoms with van der Waals surface area (Å²) in [5.41, 5.74) is 0. The summed E-state index contributed by atoms with van der Waals surface area (Å²) in [6.07, 6.45) is 5.81. The number of nitrogens with one attached hydrogen (secondary N) is 1. The second-order valence-electron chi connectivity index (χ2n) is 4.25. The van der Waals surface area contributed by atoms with E-state index in [1.165, 1.54) is 0 Å². The molecule has 1 aliphatic heterocycles. The minimum absolute atomic E-state index is 0.327. The van der Waals surface area contributed by atoms with E-state index in [4.69, 9.17) is 0 Å².